The van der Waals surface area contributed by atoms with Crippen molar-refractivity contribution in [1.82, 2.24) is 5.32 Å². The van der Waals surface area contributed by atoms with Gasteiger partial charge in [-0.1, -0.05) is 42.1 Å². The fraction of sp³-hybridized carbons (Fsp3) is 0.0909. The zero-order chi connectivity index (χ0) is 19.3. The summed E-state index contributed by atoms with van der Waals surface area (Å²) in [4.78, 5) is 26.7. The molecule has 4 rings (SSSR count). The van der Waals surface area contributed by atoms with Crippen molar-refractivity contribution >= 4 is 29.3 Å². The minimum absolute atomic E-state index is 0.171. The normalized spacial score (nSPS) is 12.2. The third kappa shape index (κ3) is 4.02. The van der Waals surface area contributed by atoms with Crippen molar-refractivity contribution < 1.29 is 14.3 Å². The molecule has 0 bridgehead atoms. The van der Waals surface area contributed by atoms with E-state index in [2.05, 4.69) is 10.6 Å². The number of fused-ring (bicyclic) bond motifs is 2. The van der Waals surface area contributed by atoms with Gasteiger partial charge >= 0.3 is 0 Å². The maximum Gasteiger partial charge on any atom is 0.256 e. The smallest absolute Gasteiger partial charge is 0.256 e. The lowest BCUT2D eigenvalue weighted by Gasteiger charge is -2.10. The quantitative estimate of drug-likeness (QED) is 0.641. The van der Waals surface area contributed by atoms with E-state index in [0.29, 0.717) is 30.0 Å². The maximum atomic E-state index is 12.5. The molecule has 5 nitrogen and oxygen atoms in total. The van der Waals surface area contributed by atoms with Crippen molar-refractivity contribution in [3.63, 3.8) is 0 Å². The van der Waals surface area contributed by atoms with Crippen LogP contribution in [0.2, 0.25) is 0 Å². The third-order valence-electron chi connectivity index (χ3n) is 4.24. The summed E-state index contributed by atoms with van der Waals surface area (Å²) >= 11 is 1.51. The van der Waals surface area contributed by atoms with Crippen LogP contribution in [0.15, 0.2) is 82.6 Å². The predicted molar refractivity (Wildman–Crippen MR) is 109 cm³/mol. The van der Waals surface area contributed by atoms with Crippen LogP contribution in [-0.4, -0.2) is 25.0 Å². The Balaban J connectivity index is 1.40. The fourth-order valence-corrected chi connectivity index (χ4v) is 3.87. The van der Waals surface area contributed by atoms with E-state index < -0.39 is 0 Å². The fourth-order valence-electron chi connectivity index (χ4n) is 2.86. The molecule has 1 heterocycles. The van der Waals surface area contributed by atoms with Gasteiger partial charge < -0.3 is 15.4 Å². The lowest BCUT2D eigenvalue weighted by Crippen LogP contribution is -2.28. The van der Waals surface area contributed by atoms with E-state index in [1.165, 1.54) is 11.8 Å². The molecule has 1 aliphatic rings. The van der Waals surface area contributed by atoms with Crippen molar-refractivity contribution in [1.29, 1.82) is 0 Å². The summed E-state index contributed by atoms with van der Waals surface area (Å²) in [5.41, 5.74) is 1.76. The lowest BCUT2D eigenvalue weighted by molar-refractivity contribution is 0.0945. The maximum absolute atomic E-state index is 12.5. The van der Waals surface area contributed by atoms with Crippen LogP contribution in [0.5, 0.6) is 5.75 Å². The van der Waals surface area contributed by atoms with Crippen molar-refractivity contribution in [2.45, 2.75) is 9.79 Å². The van der Waals surface area contributed by atoms with Gasteiger partial charge in [0.2, 0.25) is 0 Å². The molecule has 0 aromatic heterocycles. The van der Waals surface area contributed by atoms with Crippen molar-refractivity contribution in [2.75, 3.05) is 18.5 Å². The molecule has 0 saturated carbocycles. The number of amides is 2. The monoisotopic (exact) mass is 390 g/mol. The van der Waals surface area contributed by atoms with Gasteiger partial charge in [-0.25, -0.2) is 0 Å². The lowest BCUT2D eigenvalue weighted by atomic mass is 10.1. The number of anilines is 1. The molecule has 0 fully saturated rings. The van der Waals surface area contributed by atoms with Gasteiger partial charge in [-0.3, -0.25) is 9.59 Å². The van der Waals surface area contributed by atoms with Crippen LogP contribution in [-0.2, 0) is 0 Å². The number of hydrogen-bond donors (Lipinski definition) is 2. The second kappa shape index (κ2) is 8.19. The first-order chi connectivity index (χ1) is 13.7. The van der Waals surface area contributed by atoms with Gasteiger partial charge in [0.05, 0.1) is 17.8 Å². The molecule has 2 N–H and O–H groups in total. The highest BCUT2D eigenvalue weighted by atomic mass is 32.2. The SMILES string of the molecule is O=C(NCCOc1ccccc1)c1ccc2c(c1)NC(=O)c1ccccc1S2. The van der Waals surface area contributed by atoms with E-state index in [9.17, 15) is 9.59 Å². The van der Waals surface area contributed by atoms with E-state index in [-0.39, 0.29) is 11.8 Å². The second-order valence-electron chi connectivity index (χ2n) is 6.18. The van der Waals surface area contributed by atoms with Crippen molar-refractivity contribution in [2.24, 2.45) is 0 Å². The van der Waals surface area contributed by atoms with Gasteiger partial charge in [0.1, 0.15) is 12.4 Å². The Morgan fingerprint density at radius 1 is 0.964 bits per heavy atom. The number of hydrogen-bond acceptors (Lipinski definition) is 4. The van der Waals surface area contributed by atoms with Gasteiger partial charge in [0.15, 0.2) is 0 Å². The Hall–Kier alpha value is -3.25. The Labute approximate surface area is 167 Å². The van der Waals surface area contributed by atoms with Crippen LogP contribution < -0.4 is 15.4 Å². The predicted octanol–water partition coefficient (Wildman–Crippen LogP) is 4.21. The van der Waals surface area contributed by atoms with Crippen LogP contribution in [0.25, 0.3) is 0 Å². The largest absolute Gasteiger partial charge is 0.492 e. The Kier molecular flexibility index (Phi) is 5.30. The molecule has 0 atom stereocenters. The van der Waals surface area contributed by atoms with Crippen LogP contribution in [0.3, 0.4) is 0 Å². The molecular formula is C22H18N2O3S. The van der Waals surface area contributed by atoms with Crippen molar-refractivity contribution in [3.05, 3.63) is 83.9 Å². The molecule has 0 saturated heterocycles. The van der Waals surface area contributed by atoms with Crippen LogP contribution in [0.1, 0.15) is 20.7 Å². The average Bonchev–Trinajstić information content (AvgIpc) is 2.87. The Morgan fingerprint density at radius 3 is 2.61 bits per heavy atom. The zero-order valence-electron chi connectivity index (χ0n) is 15.0. The molecule has 3 aromatic rings. The van der Waals surface area contributed by atoms with Gasteiger partial charge in [-0.05, 0) is 42.5 Å². The highest BCUT2D eigenvalue weighted by Gasteiger charge is 2.20. The number of carbonyl (C=O) groups is 2. The molecule has 0 spiro atoms. The number of para-hydroxylation sites is 1. The van der Waals surface area contributed by atoms with Crippen LogP contribution in [0.4, 0.5) is 5.69 Å². The van der Waals surface area contributed by atoms with Crippen LogP contribution in [0, 0.1) is 0 Å². The highest BCUT2D eigenvalue weighted by molar-refractivity contribution is 7.99. The van der Waals surface area contributed by atoms with Gasteiger partial charge in [-0.2, -0.15) is 0 Å². The Bertz CT molecular complexity index is 1020. The minimum atomic E-state index is -0.208. The summed E-state index contributed by atoms with van der Waals surface area (Å²) in [5.74, 6) is 0.386. The molecule has 0 aliphatic carbocycles. The molecule has 0 radical (unpaired) electrons. The third-order valence-corrected chi connectivity index (χ3v) is 5.39. The summed E-state index contributed by atoms with van der Waals surface area (Å²) in [6.45, 7) is 0.764. The molecule has 140 valence electrons. The molecule has 3 aromatic carbocycles. The number of nitrogens with one attached hydrogen (secondary N) is 2. The first kappa shape index (κ1) is 18.1. The summed E-state index contributed by atoms with van der Waals surface area (Å²) < 4.78 is 5.57. The van der Waals surface area contributed by atoms with Gasteiger partial charge in [0, 0.05) is 15.4 Å². The van der Waals surface area contributed by atoms with Crippen molar-refractivity contribution in [3.8, 4) is 5.75 Å². The van der Waals surface area contributed by atoms with Gasteiger partial charge in [0.25, 0.3) is 11.8 Å². The molecular weight excluding hydrogens is 372 g/mol. The van der Waals surface area contributed by atoms with E-state index in [1.807, 2.05) is 54.6 Å². The second-order valence-corrected chi connectivity index (χ2v) is 7.26. The molecule has 2 amide bonds. The van der Waals surface area contributed by atoms with Crippen LogP contribution >= 0.6 is 11.8 Å². The number of ether oxygens (including phenoxy) is 1. The van der Waals surface area contributed by atoms with E-state index >= 15 is 0 Å². The number of rotatable bonds is 5. The summed E-state index contributed by atoms with van der Waals surface area (Å²) in [6.07, 6.45) is 0. The first-order valence-corrected chi connectivity index (χ1v) is 9.71. The Morgan fingerprint density at radius 2 is 1.75 bits per heavy atom. The summed E-state index contributed by atoms with van der Waals surface area (Å²) in [5, 5.41) is 5.73. The molecule has 6 heteroatoms. The molecule has 28 heavy (non-hydrogen) atoms. The number of benzene rings is 3. The minimum Gasteiger partial charge on any atom is -0.492 e. The topological polar surface area (TPSA) is 67.4 Å². The molecule has 0 unspecified atom stereocenters. The summed E-state index contributed by atoms with van der Waals surface area (Å²) in [6, 6.07) is 22.2. The van der Waals surface area contributed by atoms with E-state index in [0.717, 1.165) is 15.5 Å². The summed E-state index contributed by atoms with van der Waals surface area (Å²) in [7, 11) is 0. The van der Waals surface area contributed by atoms with Gasteiger partial charge in [-0.15, -0.1) is 0 Å². The standard InChI is InChI=1S/C22H18N2O3S/c25-21(23-12-13-27-16-6-2-1-3-7-16)15-10-11-20-18(14-15)24-22(26)17-8-4-5-9-19(17)28-20/h1-11,14H,12-13H2,(H,23,25)(H,24,26). The first-order valence-electron chi connectivity index (χ1n) is 8.89. The molecule has 1 aliphatic heterocycles. The highest BCUT2D eigenvalue weighted by Crippen LogP contribution is 2.38. The van der Waals surface area contributed by atoms with E-state index in [1.54, 1.807) is 18.2 Å². The average molecular weight is 390 g/mol. The zero-order valence-corrected chi connectivity index (χ0v) is 15.8. The number of carbonyl (C=O) groups excluding carboxylic acids is 2. The van der Waals surface area contributed by atoms with E-state index in [4.69, 9.17) is 4.74 Å².